The molecule has 0 fully saturated rings. The summed E-state index contributed by atoms with van der Waals surface area (Å²) < 4.78 is 0. The normalized spacial score (nSPS) is 10.3. The minimum Gasteiger partial charge on any atom is -0.352 e. The number of hydrogen-bond donors (Lipinski definition) is 4. The molecule has 106 valence electrons. The van der Waals surface area contributed by atoms with Crippen molar-refractivity contribution in [2.75, 3.05) is 12.0 Å². The van der Waals surface area contributed by atoms with Crippen LogP contribution < -0.4 is 16.6 Å². The Balaban J connectivity index is 1.85. The van der Waals surface area contributed by atoms with Crippen LogP contribution >= 0.6 is 0 Å². The Morgan fingerprint density at radius 2 is 2.30 bits per heavy atom. The molecule has 0 saturated heterocycles. The van der Waals surface area contributed by atoms with E-state index in [4.69, 9.17) is 5.84 Å². The highest BCUT2D eigenvalue weighted by Crippen LogP contribution is 2.16. The summed E-state index contributed by atoms with van der Waals surface area (Å²) in [6.07, 6.45) is 3.01. The average molecular weight is 274 g/mol. The van der Waals surface area contributed by atoms with Gasteiger partial charge in [-0.15, -0.1) is 0 Å². The number of nitrogens with one attached hydrogen (secondary N) is 3. The lowest BCUT2D eigenvalue weighted by molar-refractivity contribution is 0.0954. The number of aromatic amines is 1. The van der Waals surface area contributed by atoms with Crippen LogP contribution in [0.15, 0.2) is 24.5 Å². The van der Waals surface area contributed by atoms with Crippen LogP contribution in [-0.4, -0.2) is 27.6 Å². The number of nitrogens with two attached hydrogens (primary N) is 1. The van der Waals surface area contributed by atoms with E-state index in [2.05, 4.69) is 25.9 Å². The molecule has 0 atom stereocenters. The average Bonchev–Trinajstić information content (AvgIpc) is 2.96. The minimum atomic E-state index is -0.143. The lowest BCUT2D eigenvalue weighted by Gasteiger charge is -2.10. The fraction of sp³-hybridized carbons (Fsp3) is 0.308. The number of benzene rings is 1. The van der Waals surface area contributed by atoms with E-state index in [0.29, 0.717) is 17.8 Å². The maximum atomic E-state index is 12.1. The smallest absolute Gasteiger partial charge is 0.253 e. The van der Waals surface area contributed by atoms with E-state index in [9.17, 15) is 4.79 Å². The van der Waals surface area contributed by atoms with Crippen molar-refractivity contribution in [3.63, 3.8) is 0 Å². The highest BCUT2D eigenvalue weighted by molar-refractivity contribution is 5.99. The largest absolute Gasteiger partial charge is 0.352 e. The van der Waals surface area contributed by atoms with Crippen molar-refractivity contribution in [2.24, 2.45) is 5.84 Å². The molecule has 2 aromatic rings. The van der Waals surface area contributed by atoms with Crippen molar-refractivity contribution < 1.29 is 4.79 Å². The van der Waals surface area contributed by atoms with Crippen LogP contribution in [0.2, 0.25) is 0 Å². The second-order valence-electron chi connectivity index (χ2n) is 4.48. The number of H-pyrrole nitrogens is 1. The second-order valence-corrected chi connectivity index (χ2v) is 4.48. The van der Waals surface area contributed by atoms with Gasteiger partial charge in [0.1, 0.15) is 12.2 Å². The molecular formula is C13H18N6O. The van der Waals surface area contributed by atoms with Gasteiger partial charge in [0.15, 0.2) is 0 Å². The lowest BCUT2D eigenvalue weighted by Crippen LogP contribution is -2.26. The van der Waals surface area contributed by atoms with Crippen molar-refractivity contribution in [3.8, 4) is 0 Å². The molecular weight excluding hydrogens is 256 g/mol. The maximum Gasteiger partial charge on any atom is 0.253 e. The standard InChI is InChI=1S/C13H18N6O/c1-9-4-5-10(11(7-9)18-14)13(20)15-6-2-3-12-16-8-17-19-12/h4-5,7-8,18H,2-3,6,14H2,1H3,(H,15,20)(H,16,17,19). The number of aromatic nitrogens is 3. The molecule has 0 bridgehead atoms. The topological polar surface area (TPSA) is 109 Å². The first-order valence-electron chi connectivity index (χ1n) is 6.40. The van der Waals surface area contributed by atoms with Gasteiger partial charge in [-0.25, -0.2) is 4.98 Å². The van der Waals surface area contributed by atoms with E-state index in [-0.39, 0.29) is 5.91 Å². The van der Waals surface area contributed by atoms with Crippen molar-refractivity contribution >= 4 is 11.6 Å². The van der Waals surface area contributed by atoms with Gasteiger partial charge in [-0.2, -0.15) is 5.10 Å². The Hall–Kier alpha value is -2.41. The van der Waals surface area contributed by atoms with Crippen molar-refractivity contribution in [2.45, 2.75) is 19.8 Å². The van der Waals surface area contributed by atoms with Crippen LogP contribution in [0.3, 0.4) is 0 Å². The van der Waals surface area contributed by atoms with E-state index in [1.165, 1.54) is 6.33 Å². The number of carbonyl (C=O) groups is 1. The van der Waals surface area contributed by atoms with E-state index in [1.807, 2.05) is 19.1 Å². The van der Waals surface area contributed by atoms with Gasteiger partial charge < -0.3 is 10.7 Å². The summed E-state index contributed by atoms with van der Waals surface area (Å²) in [5, 5.41) is 9.41. The summed E-state index contributed by atoms with van der Waals surface area (Å²) in [7, 11) is 0. The summed E-state index contributed by atoms with van der Waals surface area (Å²) in [4.78, 5) is 16.1. The highest BCUT2D eigenvalue weighted by atomic mass is 16.1. The van der Waals surface area contributed by atoms with Crippen LogP contribution in [0.1, 0.15) is 28.2 Å². The molecule has 5 N–H and O–H groups in total. The fourth-order valence-corrected chi connectivity index (χ4v) is 1.88. The predicted octanol–water partition coefficient (Wildman–Crippen LogP) is 0.761. The summed E-state index contributed by atoms with van der Waals surface area (Å²) in [6.45, 7) is 2.51. The Bertz CT molecular complexity index is 566. The van der Waals surface area contributed by atoms with Crippen molar-refractivity contribution in [1.82, 2.24) is 20.5 Å². The molecule has 1 aromatic heterocycles. The first kappa shape index (κ1) is 14.0. The fourth-order valence-electron chi connectivity index (χ4n) is 1.88. The SMILES string of the molecule is Cc1ccc(C(=O)NCCCc2ncn[nH]2)c(NN)c1. The van der Waals surface area contributed by atoms with Gasteiger partial charge in [-0.05, 0) is 31.0 Å². The number of nitrogen functional groups attached to an aromatic ring is 1. The molecule has 0 spiro atoms. The molecule has 1 heterocycles. The van der Waals surface area contributed by atoms with Gasteiger partial charge in [-0.1, -0.05) is 6.07 Å². The number of amides is 1. The summed E-state index contributed by atoms with van der Waals surface area (Å²) in [6, 6.07) is 5.48. The molecule has 0 aliphatic heterocycles. The Labute approximate surface area is 117 Å². The summed E-state index contributed by atoms with van der Waals surface area (Å²) in [5.74, 6) is 6.10. The van der Waals surface area contributed by atoms with Gasteiger partial charge >= 0.3 is 0 Å². The van der Waals surface area contributed by atoms with Crippen molar-refractivity contribution in [3.05, 3.63) is 41.5 Å². The van der Waals surface area contributed by atoms with Crippen molar-refractivity contribution in [1.29, 1.82) is 0 Å². The van der Waals surface area contributed by atoms with E-state index in [1.54, 1.807) is 6.07 Å². The molecule has 1 amide bonds. The zero-order chi connectivity index (χ0) is 14.4. The Morgan fingerprint density at radius 1 is 1.45 bits per heavy atom. The number of anilines is 1. The third-order valence-corrected chi connectivity index (χ3v) is 2.92. The molecule has 0 radical (unpaired) electrons. The maximum absolute atomic E-state index is 12.1. The molecule has 0 unspecified atom stereocenters. The van der Waals surface area contributed by atoms with Gasteiger partial charge in [0, 0.05) is 13.0 Å². The quantitative estimate of drug-likeness (QED) is 0.353. The predicted molar refractivity (Wildman–Crippen MR) is 76.0 cm³/mol. The van der Waals surface area contributed by atoms with Crippen LogP contribution in [0.4, 0.5) is 5.69 Å². The highest BCUT2D eigenvalue weighted by Gasteiger charge is 2.10. The third-order valence-electron chi connectivity index (χ3n) is 2.92. The number of hydrazine groups is 1. The Kier molecular flexibility index (Phi) is 4.67. The first-order valence-corrected chi connectivity index (χ1v) is 6.40. The van der Waals surface area contributed by atoms with E-state index >= 15 is 0 Å². The number of nitrogens with zero attached hydrogens (tertiary/aromatic N) is 2. The van der Waals surface area contributed by atoms with E-state index < -0.39 is 0 Å². The van der Waals surface area contributed by atoms with Crippen LogP contribution in [0, 0.1) is 6.92 Å². The molecule has 0 aliphatic rings. The molecule has 7 nitrogen and oxygen atoms in total. The molecule has 2 rings (SSSR count). The zero-order valence-corrected chi connectivity index (χ0v) is 11.3. The van der Waals surface area contributed by atoms with Gasteiger partial charge in [0.2, 0.25) is 0 Å². The van der Waals surface area contributed by atoms with Crippen LogP contribution in [0.5, 0.6) is 0 Å². The number of carbonyl (C=O) groups excluding carboxylic acids is 1. The summed E-state index contributed by atoms with van der Waals surface area (Å²) in [5.41, 5.74) is 4.75. The zero-order valence-electron chi connectivity index (χ0n) is 11.3. The van der Waals surface area contributed by atoms with Gasteiger partial charge in [-0.3, -0.25) is 15.7 Å². The second kappa shape index (κ2) is 6.67. The lowest BCUT2D eigenvalue weighted by atomic mass is 10.1. The number of aryl methyl sites for hydroxylation is 2. The first-order chi connectivity index (χ1) is 9.70. The summed E-state index contributed by atoms with van der Waals surface area (Å²) >= 11 is 0. The monoisotopic (exact) mass is 274 g/mol. The molecule has 0 saturated carbocycles. The molecule has 7 heteroatoms. The molecule has 0 aliphatic carbocycles. The van der Waals surface area contributed by atoms with Crippen LogP contribution in [0.25, 0.3) is 0 Å². The van der Waals surface area contributed by atoms with Gasteiger partial charge in [0.25, 0.3) is 5.91 Å². The number of rotatable bonds is 6. The van der Waals surface area contributed by atoms with Gasteiger partial charge in [0.05, 0.1) is 11.3 Å². The number of hydrogen-bond acceptors (Lipinski definition) is 5. The third kappa shape index (κ3) is 3.55. The molecule has 1 aromatic carbocycles. The van der Waals surface area contributed by atoms with E-state index in [0.717, 1.165) is 24.2 Å². The molecule has 20 heavy (non-hydrogen) atoms. The minimum absolute atomic E-state index is 0.143. The van der Waals surface area contributed by atoms with Crippen LogP contribution in [-0.2, 0) is 6.42 Å². The Morgan fingerprint density at radius 3 is 3.00 bits per heavy atom.